The summed E-state index contributed by atoms with van der Waals surface area (Å²) in [5.41, 5.74) is 4.86. The first-order valence-electron chi connectivity index (χ1n) is 8.36. The predicted octanol–water partition coefficient (Wildman–Crippen LogP) is 3.92. The van der Waals surface area contributed by atoms with Crippen molar-refractivity contribution in [2.24, 2.45) is 5.92 Å². The molecule has 0 unspecified atom stereocenters. The standard InChI is InChI=1S/C20H22N2O/c1-14(2)13-22-19(10-9-18(12-21)20(22)23)17-8-7-15-5-3-4-6-16(15)11-17/h7-11,14H,3-6,13H2,1-2H3. The molecule has 23 heavy (non-hydrogen) atoms. The fraction of sp³-hybridized carbons (Fsp3) is 0.400. The van der Waals surface area contributed by atoms with Crippen molar-refractivity contribution < 1.29 is 0 Å². The fourth-order valence-electron chi connectivity index (χ4n) is 3.35. The normalized spacial score (nSPS) is 13.7. The Morgan fingerprint density at radius 1 is 1.13 bits per heavy atom. The average Bonchev–Trinajstić information content (AvgIpc) is 2.56. The van der Waals surface area contributed by atoms with Crippen LogP contribution in [0.15, 0.2) is 35.1 Å². The van der Waals surface area contributed by atoms with Crippen LogP contribution in [-0.2, 0) is 19.4 Å². The molecule has 0 saturated carbocycles. The summed E-state index contributed by atoms with van der Waals surface area (Å²) in [5, 5.41) is 9.13. The maximum atomic E-state index is 12.6. The Morgan fingerprint density at radius 2 is 1.87 bits per heavy atom. The zero-order chi connectivity index (χ0) is 16.4. The molecule has 1 heterocycles. The lowest BCUT2D eigenvalue weighted by Gasteiger charge is -2.19. The minimum absolute atomic E-state index is 0.184. The lowest BCUT2D eigenvalue weighted by Crippen LogP contribution is -2.26. The zero-order valence-corrected chi connectivity index (χ0v) is 13.8. The van der Waals surface area contributed by atoms with E-state index in [0.717, 1.165) is 24.1 Å². The first kappa shape index (κ1) is 15.6. The Balaban J connectivity index is 2.14. The third kappa shape index (κ3) is 3.07. The maximum Gasteiger partial charge on any atom is 0.268 e. The quantitative estimate of drug-likeness (QED) is 0.862. The van der Waals surface area contributed by atoms with E-state index in [2.05, 4.69) is 32.0 Å². The molecule has 0 saturated heterocycles. The Bertz CT molecular complexity index is 825. The summed E-state index contributed by atoms with van der Waals surface area (Å²) in [6.07, 6.45) is 4.78. The second-order valence-electron chi connectivity index (χ2n) is 6.74. The van der Waals surface area contributed by atoms with Gasteiger partial charge in [-0.25, -0.2) is 0 Å². The predicted molar refractivity (Wildman–Crippen MR) is 92.3 cm³/mol. The number of aryl methyl sites for hydroxylation is 2. The number of pyridine rings is 1. The van der Waals surface area contributed by atoms with Gasteiger partial charge in [0.25, 0.3) is 5.56 Å². The van der Waals surface area contributed by atoms with Gasteiger partial charge in [0.15, 0.2) is 0 Å². The molecule has 0 atom stereocenters. The van der Waals surface area contributed by atoms with E-state index in [1.807, 2.05) is 12.1 Å². The van der Waals surface area contributed by atoms with Gasteiger partial charge in [0.2, 0.25) is 0 Å². The molecule has 1 aliphatic rings. The number of benzene rings is 1. The highest BCUT2D eigenvalue weighted by Crippen LogP contribution is 2.27. The number of nitriles is 1. The van der Waals surface area contributed by atoms with E-state index in [9.17, 15) is 4.79 Å². The van der Waals surface area contributed by atoms with Gasteiger partial charge in [-0.3, -0.25) is 4.79 Å². The molecule has 0 N–H and O–H groups in total. The first-order valence-corrected chi connectivity index (χ1v) is 8.36. The van der Waals surface area contributed by atoms with Crippen molar-refractivity contribution >= 4 is 0 Å². The number of nitrogens with zero attached hydrogens (tertiary/aromatic N) is 2. The molecule has 0 fully saturated rings. The van der Waals surface area contributed by atoms with Crippen LogP contribution in [0.25, 0.3) is 11.3 Å². The second-order valence-corrected chi connectivity index (χ2v) is 6.74. The number of rotatable bonds is 3. The minimum Gasteiger partial charge on any atom is -0.307 e. The summed E-state index contributed by atoms with van der Waals surface area (Å²) in [5.74, 6) is 0.345. The fourth-order valence-corrected chi connectivity index (χ4v) is 3.35. The van der Waals surface area contributed by atoms with E-state index >= 15 is 0 Å². The molecule has 0 aliphatic heterocycles. The van der Waals surface area contributed by atoms with Gasteiger partial charge in [-0.05, 0) is 66.5 Å². The highest BCUT2D eigenvalue weighted by atomic mass is 16.1. The van der Waals surface area contributed by atoms with Gasteiger partial charge in [-0.1, -0.05) is 26.0 Å². The van der Waals surface area contributed by atoms with E-state index in [-0.39, 0.29) is 11.1 Å². The third-order valence-corrected chi connectivity index (χ3v) is 4.49. The topological polar surface area (TPSA) is 45.8 Å². The number of hydrogen-bond donors (Lipinski definition) is 0. The van der Waals surface area contributed by atoms with Gasteiger partial charge in [-0.2, -0.15) is 5.26 Å². The van der Waals surface area contributed by atoms with Crippen LogP contribution in [0.3, 0.4) is 0 Å². The minimum atomic E-state index is -0.184. The summed E-state index contributed by atoms with van der Waals surface area (Å²) in [6, 6.07) is 12.1. The Morgan fingerprint density at radius 3 is 2.57 bits per heavy atom. The van der Waals surface area contributed by atoms with E-state index < -0.39 is 0 Å². The van der Waals surface area contributed by atoms with Crippen LogP contribution in [0, 0.1) is 17.2 Å². The smallest absolute Gasteiger partial charge is 0.268 e. The van der Waals surface area contributed by atoms with Crippen molar-refractivity contribution in [3.05, 3.63) is 57.4 Å². The van der Waals surface area contributed by atoms with Gasteiger partial charge in [0.1, 0.15) is 11.6 Å². The molecule has 0 spiro atoms. The average molecular weight is 306 g/mol. The van der Waals surface area contributed by atoms with Crippen molar-refractivity contribution in [1.29, 1.82) is 5.26 Å². The van der Waals surface area contributed by atoms with Crippen LogP contribution >= 0.6 is 0 Å². The van der Waals surface area contributed by atoms with Crippen molar-refractivity contribution in [2.75, 3.05) is 0 Å². The molecule has 118 valence electrons. The largest absolute Gasteiger partial charge is 0.307 e. The van der Waals surface area contributed by atoms with Gasteiger partial charge in [0.05, 0.1) is 5.69 Å². The molecular weight excluding hydrogens is 284 g/mol. The summed E-state index contributed by atoms with van der Waals surface area (Å²) in [6.45, 7) is 4.80. The van der Waals surface area contributed by atoms with E-state index in [1.54, 1.807) is 10.6 Å². The molecule has 1 aromatic heterocycles. The highest BCUT2D eigenvalue weighted by Gasteiger charge is 2.14. The van der Waals surface area contributed by atoms with Crippen LogP contribution in [0.2, 0.25) is 0 Å². The molecular formula is C20H22N2O. The summed E-state index contributed by atoms with van der Waals surface area (Å²) in [4.78, 5) is 12.6. The molecule has 1 aliphatic carbocycles. The van der Waals surface area contributed by atoms with Crippen LogP contribution in [0.4, 0.5) is 0 Å². The van der Waals surface area contributed by atoms with Gasteiger partial charge >= 0.3 is 0 Å². The SMILES string of the molecule is CC(C)Cn1c(-c2ccc3c(c2)CCCC3)ccc(C#N)c1=O. The lowest BCUT2D eigenvalue weighted by molar-refractivity contribution is 0.514. The highest BCUT2D eigenvalue weighted by molar-refractivity contribution is 5.62. The van der Waals surface area contributed by atoms with Crippen molar-refractivity contribution in [3.63, 3.8) is 0 Å². The number of hydrogen-bond acceptors (Lipinski definition) is 2. The number of fused-ring (bicyclic) bond motifs is 1. The molecule has 0 bridgehead atoms. The monoisotopic (exact) mass is 306 g/mol. The van der Waals surface area contributed by atoms with Crippen LogP contribution in [0.1, 0.15) is 43.4 Å². The molecule has 3 nitrogen and oxygen atoms in total. The summed E-state index contributed by atoms with van der Waals surface area (Å²) < 4.78 is 1.76. The van der Waals surface area contributed by atoms with Crippen LogP contribution in [0.5, 0.6) is 0 Å². The Labute approximate surface area is 137 Å². The molecule has 3 heteroatoms. The second kappa shape index (κ2) is 6.42. The van der Waals surface area contributed by atoms with Gasteiger partial charge in [-0.15, -0.1) is 0 Å². The van der Waals surface area contributed by atoms with Crippen LogP contribution < -0.4 is 5.56 Å². The third-order valence-electron chi connectivity index (χ3n) is 4.49. The first-order chi connectivity index (χ1) is 11.1. The van der Waals surface area contributed by atoms with Crippen molar-refractivity contribution in [2.45, 2.75) is 46.1 Å². The Kier molecular flexibility index (Phi) is 4.34. The van der Waals surface area contributed by atoms with E-state index in [4.69, 9.17) is 5.26 Å². The van der Waals surface area contributed by atoms with E-state index in [0.29, 0.717) is 12.5 Å². The summed E-state index contributed by atoms with van der Waals surface area (Å²) in [7, 11) is 0. The Hall–Kier alpha value is -2.34. The zero-order valence-electron chi connectivity index (χ0n) is 13.8. The summed E-state index contributed by atoms with van der Waals surface area (Å²) >= 11 is 0. The van der Waals surface area contributed by atoms with Crippen molar-refractivity contribution in [3.8, 4) is 17.3 Å². The van der Waals surface area contributed by atoms with Crippen LogP contribution in [-0.4, -0.2) is 4.57 Å². The molecule has 1 aromatic carbocycles. The van der Waals surface area contributed by atoms with Gasteiger partial charge in [0, 0.05) is 6.54 Å². The van der Waals surface area contributed by atoms with E-state index in [1.165, 1.54) is 24.0 Å². The molecule has 3 rings (SSSR count). The molecule has 0 amide bonds. The van der Waals surface area contributed by atoms with Gasteiger partial charge < -0.3 is 4.57 Å². The number of aromatic nitrogens is 1. The lowest BCUT2D eigenvalue weighted by atomic mass is 9.90. The maximum absolute atomic E-state index is 12.6. The van der Waals surface area contributed by atoms with Crippen molar-refractivity contribution in [1.82, 2.24) is 4.57 Å². The molecule has 0 radical (unpaired) electrons. The molecule has 2 aromatic rings.